The first kappa shape index (κ1) is 14.3. The molecule has 0 fully saturated rings. The fourth-order valence-electron chi connectivity index (χ4n) is 1.55. The minimum atomic E-state index is 0.493. The van der Waals surface area contributed by atoms with Crippen LogP contribution in [0.15, 0.2) is 45.8 Å². The lowest BCUT2D eigenvalue weighted by Crippen LogP contribution is -1.91. The molecule has 0 atom stereocenters. The van der Waals surface area contributed by atoms with Gasteiger partial charge in [0.1, 0.15) is 23.1 Å². The number of benzene rings is 2. The summed E-state index contributed by atoms with van der Waals surface area (Å²) in [5, 5.41) is 9.73. The minimum Gasteiger partial charge on any atom is -0.454 e. The Balaban J connectivity index is 2.41. The first-order valence-corrected chi connectivity index (χ1v) is 7.75. The third-order valence-corrected chi connectivity index (χ3v) is 4.00. The van der Waals surface area contributed by atoms with Crippen LogP contribution >= 0.6 is 39.3 Å². The van der Waals surface area contributed by atoms with Crippen molar-refractivity contribution in [1.82, 2.24) is 0 Å². The van der Waals surface area contributed by atoms with Crippen molar-refractivity contribution in [2.45, 2.75) is 4.90 Å². The third-order valence-electron chi connectivity index (χ3n) is 2.43. The van der Waals surface area contributed by atoms with Crippen LogP contribution in [-0.2, 0) is 0 Å². The van der Waals surface area contributed by atoms with Crippen LogP contribution < -0.4 is 4.74 Å². The van der Waals surface area contributed by atoms with E-state index in [9.17, 15) is 5.26 Å². The zero-order chi connectivity index (χ0) is 13.8. The van der Waals surface area contributed by atoms with Gasteiger partial charge in [0.25, 0.3) is 0 Å². The fraction of sp³-hybridized carbons (Fsp3) is 0.0714. The van der Waals surface area contributed by atoms with Gasteiger partial charge in [-0.05, 0) is 36.6 Å². The number of rotatable bonds is 3. The van der Waals surface area contributed by atoms with E-state index in [-0.39, 0.29) is 0 Å². The highest BCUT2D eigenvalue weighted by atomic mass is 79.9. The Morgan fingerprint density at radius 1 is 1.26 bits per heavy atom. The summed E-state index contributed by atoms with van der Waals surface area (Å²) in [6.07, 6.45) is 1.92. The maximum absolute atomic E-state index is 9.24. The van der Waals surface area contributed by atoms with E-state index >= 15 is 0 Å². The van der Waals surface area contributed by atoms with E-state index in [1.807, 2.05) is 24.5 Å². The normalized spacial score (nSPS) is 10.0. The van der Waals surface area contributed by atoms with Gasteiger partial charge in [0.05, 0.1) is 5.02 Å². The molecule has 0 N–H and O–H groups in total. The van der Waals surface area contributed by atoms with E-state index in [1.54, 1.807) is 18.2 Å². The fourth-order valence-corrected chi connectivity index (χ4v) is 2.83. The zero-order valence-corrected chi connectivity index (χ0v) is 13.1. The average molecular weight is 355 g/mol. The lowest BCUT2D eigenvalue weighted by atomic mass is 10.2. The molecule has 0 unspecified atom stereocenters. The van der Waals surface area contributed by atoms with Crippen LogP contribution in [0.25, 0.3) is 0 Å². The van der Waals surface area contributed by atoms with Gasteiger partial charge in [0.2, 0.25) is 0 Å². The van der Waals surface area contributed by atoms with Crippen LogP contribution in [0.3, 0.4) is 0 Å². The lowest BCUT2D eigenvalue weighted by Gasteiger charge is -2.11. The largest absolute Gasteiger partial charge is 0.454 e. The first-order chi connectivity index (χ1) is 9.15. The van der Waals surface area contributed by atoms with Gasteiger partial charge in [-0.3, -0.25) is 0 Å². The molecule has 0 bridgehead atoms. The smallest absolute Gasteiger partial charge is 0.146 e. The van der Waals surface area contributed by atoms with Gasteiger partial charge in [-0.15, -0.1) is 11.8 Å². The topological polar surface area (TPSA) is 33.0 Å². The molecule has 2 nitrogen and oxygen atoms in total. The molecule has 0 saturated heterocycles. The molecule has 0 aliphatic carbocycles. The molecule has 2 aromatic rings. The number of thioether (sulfide) groups is 1. The molecular formula is C14H9BrClNOS. The minimum absolute atomic E-state index is 0.493. The van der Waals surface area contributed by atoms with Crippen molar-refractivity contribution in [1.29, 1.82) is 5.26 Å². The molecule has 96 valence electrons. The van der Waals surface area contributed by atoms with Crippen molar-refractivity contribution < 1.29 is 4.74 Å². The SMILES string of the molecule is CSc1cccc(Oc2ccc(Br)cc2Cl)c1C#N. The lowest BCUT2D eigenvalue weighted by molar-refractivity contribution is 0.479. The monoisotopic (exact) mass is 353 g/mol. The molecule has 5 heteroatoms. The molecule has 0 aliphatic heterocycles. The summed E-state index contributed by atoms with van der Waals surface area (Å²) in [7, 11) is 0. The molecule has 19 heavy (non-hydrogen) atoms. The highest BCUT2D eigenvalue weighted by Crippen LogP contribution is 2.35. The van der Waals surface area contributed by atoms with E-state index < -0.39 is 0 Å². The molecule has 0 spiro atoms. The van der Waals surface area contributed by atoms with Crippen molar-refractivity contribution in [2.75, 3.05) is 6.26 Å². The summed E-state index contributed by atoms with van der Waals surface area (Å²) >= 11 is 11.0. The Bertz CT molecular complexity index is 654. The van der Waals surface area contributed by atoms with Gasteiger partial charge in [-0.1, -0.05) is 33.6 Å². The second-order valence-electron chi connectivity index (χ2n) is 3.62. The maximum Gasteiger partial charge on any atom is 0.146 e. The molecule has 0 amide bonds. The molecule has 0 aliphatic rings. The van der Waals surface area contributed by atoms with Crippen LogP contribution in [-0.4, -0.2) is 6.26 Å². The van der Waals surface area contributed by atoms with Crippen molar-refractivity contribution in [3.63, 3.8) is 0 Å². The van der Waals surface area contributed by atoms with Crippen molar-refractivity contribution in [3.8, 4) is 17.6 Å². The standard InChI is InChI=1S/C14H9BrClNOS/c1-19-14-4-2-3-12(10(14)8-17)18-13-6-5-9(15)7-11(13)16/h2-7H,1H3. The van der Waals surface area contributed by atoms with Gasteiger partial charge < -0.3 is 4.74 Å². The number of nitrogens with zero attached hydrogens (tertiary/aromatic N) is 1. The van der Waals surface area contributed by atoms with Gasteiger partial charge in [-0.2, -0.15) is 5.26 Å². The number of ether oxygens (including phenoxy) is 1. The highest BCUT2D eigenvalue weighted by Gasteiger charge is 2.11. The van der Waals surface area contributed by atoms with E-state index in [0.29, 0.717) is 22.1 Å². The number of halogens is 2. The predicted octanol–water partition coefficient (Wildman–Crippen LogP) is 5.49. The molecule has 2 rings (SSSR count). The van der Waals surface area contributed by atoms with Gasteiger partial charge >= 0.3 is 0 Å². The second-order valence-corrected chi connectivity index (χ2v) is 5.79. The summed E-state index contributed by atoms with van der Waals surface area (Å²) in [5.41, 5.74) is 0.522. The van der Waals surface area contributed by atoms with Crippen LogP contribution in [0.4, 0.5) is 0 Å². The van der Waals surface area contributed by atoms with Crippen LogP contribution in [0.1, 0.15) is 5.56 Å². The summed E-state index contributed by atoms with van der Waals surface area (Å²) in [4.78, 5) is 0.883. The molecule has 0 saturated carbocycles. The average Bonchev–Trinajstić information content (AvgIpc) is 2.41. The molecule has 0 aromatic heterocycles. The Morgan fingerprint density at radius 3 is 2.68 bits per heavy atom. The Labute approximate surface area is 129 Å². The second kappa shape index (κ2) is 6.33. The predicted molar refractivity (Wildman–Crippen MR) is 82.2 cm³/mol. The number of hydrogen-bond acceptors (Lipinski definition) is 3. The third kappa shape index (κ3) is 3.24. The van der Waals surface area contributed by atoms with Crippen molar-refractivity contribution in [3.05, 3.63) is 51.5 Å². The summed E-state index contributed by atoms with van der Waals surface area (Å²) in [6, 6.07) is 13.0. The van der Waals surface area contributed by atoms with E-state index in [4.69, 9.17) is 16.3 Å². The van der Waals surface area contributed by atoms with E-state index in [0.717, 1.165) is 9.37 Å². The quantitative estimate of drug-likeness (QED) is 0.683. The van der Waals surface area contributed by atoms with Crippen LogP contribution in [0.2, 0.25) is 5.02 Å². The van der Waals surface area contributed by atoms with E-state index in [2.05, 4.69) is 22.0 Å². The maximum atomic E-state index is 9.24. The van der Waals surface area contributed by atoms with Crippen LogP contribution in [0, 0.1) is 11.3 Å². The van der Waals surface area contributed by atoms with Gasteiger partial charge in [0.15, 0.2) is 0 Å². The first-order valence-electron chi connectivity index (χ1n) is 5.35. The van der Waals surface area contributed by atoms with Crippen molar-refractivity contribution >= 4 is 39.3 Å². The molecular weight excluding hydrogens is 346 g/mol. The Kier molecular flexibility index (Phi) is 4.76. The van der Waals surface area contributed by atoms with Crippen LogP contribution in [0.5, 0.6) is 11.5 Å². The Morgan fingerprint density at radius 2 is 2.05 bits per heavy atom. The van der Waals surface area contributed by atoms with E-state index in [1.165, 1.54) is 11.8 Å². The summed E-state index contributed by atoms with van der Waals surface area (Å²) in [5.74, 6) is 1.04. The number of nitriles is 1. The Hall–Kier alpha value is -1.15. The molecule has 0 radical (unpaired) electrons. The van der Waals surface area contributed by atoms with Crippen molar-refractivity contribution in [2.24, 2.45) is 0 Å². The molecule has 2 aromatic carbocycles. The summed E-state index contributed by atoms with van der Waals surface area (Å²) < 4.78 is 6.62. The highest BCUT2D eigenvalue weighted by molar-refractivity contribution is 9.10. The number of hydrogen-bond donors (Lipinski definition) is 0. The summed E-state index contributed by atoms with van der Waals surface area (Å²) in [6.45, 7) is 0. The van der Waals surface area contributed by atoms with Gasteiger partial charge in [0, 0.05) is 9.37 Å². The van der Waals surface area contributed by atoms with Gasteiger partial charge in [-0.25, -0.2) is 0 Å². The molecule has 0 heterocycles. The zero-order valence-electron chi connectivity index (χ0n) is 9.98.